The molecule has 79 heavy (non-hydrogen) atoms. The zero-order valence-electron chi connectivity index (χ0n) is 43.6. The van der Waals surface area contributed by atoms with Gasteiger partial charge in [0.05, 0.1) is 49.6 Å². The predicted octanol–water partition coefficient (Wildman–Crippen LogP) is 6.17. The number of alkyl carbamates (subject to hydrolysis) is 2. The SMILES string of the molecule is CNC(=O)O[C@H](C(=O)NN(Cc1c(F)cc(-c2cc(F)ccn2)cc1F)C[C@H](O)[C@H](Cc1ccc(C#Cc2ccc(N3C[C@H]4C[C@@H]3CN4C3COC3)nc2)cc1)NC(=O)[C@@H](NC(=O)OC)C(C)(C)C(F)(F)F)C(C)(C)C(F)(F)F. The Morgan fingerprint density at radius 3 is 2.00 bits per heavy atom. The van der Waals surface area contributed by atoms with E-state index in [9.17, 15) is 55.0 Å². The molecule has 2 bridgehead atoms. The van der Waals surface area contributed by atoms with E-state index >= 15 is 8.78 Å². The van der Waals surface area contributed by atoms with Gasteiger partial charge in [0.1, 0.15) is 34.7 Å². The summed E-state index contributed by atoms with van der Waals surface area (Å²) in [7, 11) is 1.82. The molecule has 3 saturated heterocycles. The van der Waals surface area contributed by atoms with E-state index in [1.807, 2.05) is 28.2 Å². The number of ether oxygens (including phenoxy) is 3. The molecule has 0 saturated carbocycles. The number of benzene rings is 2. The summed E-state index contributed by atoms with van der Waals surface area (Å²) >= 11 is 0. The molecule has 5 heterocycles. The number of anilines is 1. The number of hydrazine groups is 1. The van der Waals surface area contributed by atoms with Gasteiger partial charge in [0.15, 0.2) is 6.10 Å². The van der Waals surface area contributed by atoms with Crippen LogP contribution >= 0.6 is 0 Å². The van der Waals surface area contributed by atoms with E-state index < -0.39 is 114 Å². The standard InChI is InChI=1S/C53H58F9N9O8/c1-50(2,52(57,58)59)44(67-49(76)77-6)46(73)66-41(17-30-10-7-29(8-11-30)9-12-31-13-14-43(65-22-31)71-24-34-21-35(71)23-70(34)36-27-78-28-36)42(72)26-69(68-47(74)45(79-48(75)63-5)51(3,4)53(60,61)62)25-37-38(55)18-32(19-39(37)56)40-20-33(54)15-16-64-40/h7-8,10-11,13-16,18-20,22,34-36,41-42,44-45,72H,17,21,23-28H2,1-6H3,(H,63,75)(H,66,73)(H,67,76)(H,68,74)/t34-,35-,41+,42+,44-,45-/m1/s1. The van der Waals surface area contributed by atoms with Crippen molar-refractivity contribution in [1.82, 2.24) is 41.3 Å². The molecule has 4 amide bonds. The molecule has 426 valence electrons. The fraction of sp³-hybridized carbons (Fsp3) is 0.472. The summed E-state index contributed by atoms with van der Waals surface area (Å²) in [5.74, 6) is 0.0884. The smallest absolute Gasteiger partial charge is 0.407 e. The quantitative estimate of drug-likeness (QED) is 0.0431. The molecule has 17 nitrogen and oxygen atoms in total. The molecule has 3 aliphatic heterocycles. The number of pyridine rings is 2. The number of methoxy groups -OCH3 is 1. The van der Waals surface area contributed by atoms with E-state index in [4.69, 9.17) is 9.47 Å². The Labute approximate surface area is 448 Å². The average Bonchev–Trinajstić information content (AvgIpc) is 4.25. The summed E-state index contributed by atoms with van der Waals surface area (Å²) in [6, 6.07) is 10.2. The van der Waals surface area contributed by atoms with Crippen LogP contribution in [0.5, 0.6) is 0 Å². The maximum atomic E-state index is 16.0. The zero-order valence-corrected chi connectivity index (χ0v) is 43.6. The lowest BCUT2D eigenvalue weighted by Crippen LogP contribution is -2.62. The number of carbonyl (C=O) groups is 4. The summed E-state index contributed by atoms with van der Waals surface area (Å²) in [4.78, 5) is 66.2. The van der Waals surface area contributed by atoms with E-state index in [1.54, 1.807) is 18.3 Å². The second-order valence-electron chi connectivity index (χ2n) is 20.5. The first-order valence-electron chi connectivity index (χ1n) is 24.8. The highest BCUT2D eigenvalue weighted by Gasteiger charge is 2.58. The first kappa shape index (κ1) is 59.5. The van der Waals surface area contributed by atoms with Gasteiger partial charge in [-0.15, -0.1) is 0 Å². The second-order valence-corrected chi connectivity index (χ2v) is 20.5. The molecular formula is C53H58F9N9O8. The highest BCUT2D eigenvalue weighted by atomic mass is 19.4. The number of alkyl halides is 6. The lowest BCUT2D eigenvalue weighted by Gasteiger charge is -2.42. The molecule has 0 aliphatic carbocycles. The van der Waals surface area contributed by atoms with Gasteiger partial charge in [0.25, 0.3) is 5.91 Å². The van der Waals surface area contributed by atoms with Crippen molar-refractivity contribution in [3.8, 4) is 23.1 Å². The van der Waals surface area contributed by atoms with Crippen LogP contribution in [-0.4, -0.2) is 151 Å². The Kier molecular flexibility index (Phi) is 18.1. The molecule has 3 aliphatic rings. The van der Waals surface area contributed by atoms with Crippen LogP contribution in [0.3, 0.4) is 0 Å². The molecule has 7 rings (SSSR count). The maximum Gasteiger partial charge on any atom is 0.407 e. The van der Waals surface area contributed by atoms with E-state index in [0.717, 1.165) is 83.2 Å². The maximum absolute atomic E-state index is 16.0. The average molecular weight is 1120 g/mol. The number of nitrogens with one attached hydrogen (secondary N) is 4. The van der Waals surface area contributed by atoms with Crippen molar-refractivity contribution >= 4 is 29.8 Å². The predicted molar refractivity (Wildman–Crippen MR) is 266 cm³/mol. The molecule has 2 aromatic heterocycles. The van der Waals surface area contributed by atoms with Gasteiger partial charge >= 0.3 is 24.5 Å². The van der Waals surface area contributed by atoms with Crippen LogP contribution in [0.2, 0.25) is 0 Å². The number of nitrogens with zero attached hydrogens (tertiary/aromatic N) is 5. The van der Waals surface area contributed by atoms with Crippen molar-refractivity contribution in [3.05, 3.63) is 113 Å². The Morgan fingerprint density at radius 1 is 0.810 bits per heavy atom. The van der Waals surface area contributed by atoms with Gasteiger partial charge in [-0.1, -0.05) is 24.0 Å². The number of amides is 4. The van der Waals surface area contributed by atoms with E-state index in [2.05, 4.69) is 41.7 Å². The fourth-order valence-corrected chi connectivity index (χ4v) is 9.27. The number of rotatable bonds is 18. The normalized spacial score (nSPS) is 18.4. The highest BCUT2D eigenvalue weighted by Crippen LogP contribution is 2.43. The van der Waals surface area contributed by atoms with E-state index in [1.165, 1.54) is 12.1 Å². The fourth-order valence-electron chi connectivity index (χ4n) is 9.27. The second kappa shape index (κ2) is 24.0. The van der Waals surface area contributed by atoms with Crippen LogP contribution in [0.4, 0.5) is 54.9 Å². The summed E-state index contributed by atoms with van der Waals surface area (Å²) in [5.41, 5.74) is -4.18. The number of fused-ring (bicyclic) bond motifs is 2. The molecule has 6 atom stereocenters. The van der Waals surface area contributed by atoms with Crippen molar-refractivity contribution in [2.45, 2.75) is 102 Å². The molecular weight excluding hydrogens is 1060 g/mol. The zero-order chi connectivity index (χ0) is 57.8. The van der Waals surface area contributed by atoms with Crippen molar-refractivity contribution < 1.29 is 78.0 Å². The molecule has 3 fully saturated rings. The monoisotopic (exact) mass is 1120 g/mol. The first-order chi connectivity index (χ1) is 37.1. The van der Waals surface area contributed by atoms with Crippen LogP contribution < -0.4 is 26.3 Å². The summed E-state index contributed by atoms with van der Waals surface area (Å²) in [6.45, 7) is 3.33. The Bertz CT molecular complexity index is 2890. The van der Waals surface area contributed by atoms with Crippen LogP contribution in [0, 0.1) is 40.1 Å². The molecule has 0 radical (unpaired) electrons. The number of hydrogen-bond donors (Lipinski definition) is 5. The summed E-state index contributed by atoms with van der Waals surface area (Å²) in [5, 5.41) is 18.7. The number of aliphatic hydroxyl groups is 1. The highest BCUT2D eigenvalue weighted by molar-refractivity contribution is 5.87. The van der Waals surface area contributed by atoms with Crippen molar-refractivity contribution in [2.24, 2.45) is 10.8 Å². The molecule has 2 aromatic carbocycles. The van der Waals surface area contributed by atoms with Crippen molar-refractivity contribution in [3.63, 3.8) is 0 Å². The van der Waals surface area contributed by atoms with Crippen LogP contribution in [-0.2, 0) is 36.8 Å². The third kappa shape index (κ3) is 13.8. The Morgan fingerprint density at radius 2 is 1.46 bits per heavy atom. The number of halogens is 9. The number of hydrogen-bond acceptors (Lipinski definition) is 13. The minimum Gasteiger partial charge on any atom is -0.453 e. The van der Waals surface area contributed by atoms with Gasteiger partial charge in [-0.25, -0.2) is 32.8 Å². The van der Waals surface area contributed by atoms with Gasteiger partial charge in [0.2, 0.25) is 5.91 Å². The molecule has 0 spiro atoms. The van der Waals surface area contributed by atoms with Crippen LogP contribution in [0.25, 0.3) is 11.3 Å². The van der Waals surface area contributed by atoms with E-state index in [-0.39, 0.29) is 16.8 Å². The number of aromatic nitrogens is 2. The minimum atomic E-state index is -5.24. The lowest BCUT2D eigenvalue weighted by molar-refractivity contribution is -0.239. The van der Waals surface area contributed by atoms with Gasteiger partial charge in [-0.2, -0.15) is 26.3 Å². The van der Waals surface area contributed by atoms with E-state index in [0.29, 0.717) is 62.0 Å². The third-order valence-corrected chi connectivity index (χ3v) is 14.4. The van der Waals surface area contributed by atoms with Crippen LogP contribution in [0.15, 0.2) is 73.1 Å². The van der Waals surface area contributed by atoms with Gasteiger partial charge in [0, 0.05) is 86.0 Å². The largest absolute Gasteiger partial charge is 0.453 e. The van der Waals surface area contributed by atoms with Gasteiger partial charge < -0.3 is 40.2 Å². The van der Waals surface area contributed by atoms with Gasteiger partial charge in [-0.3, -0.25) is 24.9 Å². The summed E-state index contributed by atoms with van der Waals surface area (Å²) in [6.07, 6.45) is -14.9. The Hall–Kier alpha value is -7.21. The van der Waals surface area contributed by atoms with Gasteiger partial charge in [-0.05, 0) is 88.6 Å². The number of carbonyl (C=O) groups excluding carboxylic acids is 4. The summed E-state index contributed by atoms with van der Waals surface area (Å²) < 4.78 is 148. The van der Waals surface area contributed by atoms with Crippen LogP contribution in [0.1, 0.15) is 56.4 Å². The molecule has 4 aromatic rings. The Balaban J connectivity index is 1.18. The number of likely N-dealkylation sites (tertiary alicyclic amines) is 1. The lowest BCUT2D eigenvalue weighted by atomic mass is 9.82. The topological polar surface area (TPSA) is 200 Å². The third-order valence-electron chi connectivity index (χ3n) is 14.4. The van der Waals surface area contributed by atoms with Crippen molar-refractivity contribution in [2.75, 3.05) is 51.9 Å². The molecule has 0 unspecified atom stereocenters. The number of piperazine rings is 1. The van der Waals surface area contributed by atoms with Crippen molar-refractivity contribution in [1.29, 1.82) is 0 Å². The first-order valence-corrected chi connectivity index (χ1v) is 24.8. The minimum absolute atomic E-state index is 0.209. The number of aliphatic hydroxyl groups excluding tert-OH is 1. The molecule has 5 N–H and O–H groups in total. The molecule has 26 heteroatoms.